The highest BCUT2D eigenvalue weighted by atomic mass is 35.5. The van der Waals surface area contributed by atoms with Gasteiger partial charge in [0, 0.05) is 10.7 Å². The molecule has 0 saturated heterocycles. The first-order chi connectivity index (χ1) is 12.5. The van der Waals surface area contributed by atoms with Gasteiger partial charge in [-0.05, 0) is 36.4 Å². The average Bonchev–Trinajstić information content (AvgIpc) is 2.99. The van der Waals surface area contributed by atoms with Crippen molar-refractivity contribution in [2.24, 2.45) is 0 Å². The summed E-state index contributed by atoms with van der Waals surface area (Å²) in [6.45, 7) is -0.490. The van der Waals surface area contributed by atoms with Crippen molar-refractivity contribution in [2.45, 2.75) is 0 Å². The highest BCUT2D eigenvalue weighted by Crippen LogP contribution is 2.23. The highest BCUT2D eigenvalue weighted by Gasteiger charge is 2.16. The largest absolute Gasteiger partial charge is 0.496 e. The number of imidazole rings is 1. The molecule has 8 nitrogen and oxygen atoms in total. The van der Waals surface area contributed by atoms with Crippen LogP contribution in [0.2, 0.25) is 5.02 Å². The fourth-order valence-corrected chi connectivity index (χ4v) is 2.53. The van der Waals surface area contributed by atoms with Gasteiger partial charge in [0.15, 0.2) is 6.61 Å². The van der Waals surface area contributed by atoms with Gasteiger partial charge in [0.25, 0.3) is 5.91 Å². The summed E-state index contributed by atoms with van der Waals surface area (Å²) in [7, 11) is 1.41. The van der Waals surface area contributed by atoms with E-state index in [1.165, 1.54) is 19.2 Å². The van der Waals surface area contributed by atoms with Gasteiger partial charge in [-0.2, -0.15) is 0 Å². The lowest BCUT2D eigenvalue weighted by Crippen LogP contribution is -2.21. The zero-order valence-corrected chi connectivity index (χ0v) is 14.3. The lowest BCUT2D eigenvalue weighted by Gasteiger charge is -2.09. The summed E-state index contributed by atoms with van der Waals surface area (Å²) >= 11 is 5.87. The Kier molecular flexibility index (Phi) is 4.94. The Labute approximate surface area is 152 Å². The molecule has 0 spiro atoms. The zero-order chi connectivity index (χ0) is 18.7. The number of hydrogen-bond acceptors (Lipinski definition) is 5. The number of fused-ring (bicyclic) bond motifs is 1. The number of rotatable bonds is 5. The Morgan fingerprint density at radius 2 is 1.88 bits per heavy atom. The number of nitrogens with one attached hydrogen (secondary N) is 3. The number of aromatic nitrogens is 2. The molecule has 0 saturated carbocycles. The third-order valence-electron chi connectivity index (χ3n) is 3.52. The van der Waals surface area contributed by atoms with Crippen LogP contribution in [0.4, 0.5) is 5.69 Å². The molecule has 0 bridgehead atoms. The van der Waals surface area contributed by atoms with Crippen LogP contribution in [0.3, 0.4) is 0 Å². The fourth-order valence-electron chi connectivity index (χ4n) is 2.36. The minimum atomic E-state index is -0.732. The second-order valence-corrected chi connectivity index (χ2v) is 5.74. The molecular formula is C17H14ClN3O5. The monoisotopic (exact) mass is 375 g/mol. The van der Waals surface area contributed by atoms with Gasteiger partial charge in [0.2, 0.25) is 0 Å². The van der Waals surface area contributed by atoms with Crippen LogP contribution < -0.4 is 15.7 Å². The van der Waals surface area contributed by atoms with E-state index < -0.39 is 18.5 Å². The summed E-state index contributed by atoms with van der Waals surface area (Å²) in [4.78, 5) is 40.5. The molecule has 2 aromatic carbocycles. The Bertz CT molecular complexity index is 1040. The maximum absolute atomic E-state index is 12.1. The summed E-state index contributed by atoms with van der Waals surface area (Å²) in [5.41, 5.74) is 1.40. The average molecular weight is 376 g/mol. The van der Waals surface area contributed by atoms with Crippen LogP contribution in [-0.4, -0.2) is 35.6 Å². The molecule has 0 aliphatic carbocycles. The third-order valence-corrected chi connectivity index (χ3v) is 3.75. The summed E-state index contributed by atoms with van der Waals surface area (Å²) in [6, 6.07) is 9.36. The van der Waals surface area contributed by atoms with Gasteiger partial charge in [-0.1, -0.05) is 11.6 Å². The number of H-pyrrole nitrogens is 2. The number of carbonyl (C=O) groups is 2. The van der Waals surface area contributed by atoms with Crippen LogP contribution in [0.5, 0.6) is 5.75 Å². The predicted octanol–water partition coefficient (Wildman–Crippen LogP) is 2.31. The zero-order valence-electron chi connectivity index (χ0n) is 13.6. The standard InChI is InChI=1S/C17H14ClN3O5/c1-25-14-5-2-9(18)6-11(14)16(23)26-8-15(22)19-10-3-4-12-13(7-10)21-17(24)20-12/h2-7H,8H2,1H3,(H,19,22)(H2,20,21,24). The number of anilines is 1. The second kappa shape index (κ2) is 7.32. The number of ether oxygens (including phenoxy) is 2. The fraction of sp³-hybridized carbons (Fsp3) is 0.118. The molecule has 3 N–H and O–H groups in total. The van der Waals surface area contributed by atoms with Crippen molar-refractivity contribution in [2.75, 3.05) is 19.0 Å². The first kappa shape index (κ1) is 17.6. The second-order valence-electron chi connectivity index (χ2n) is 5.31. The predicted molar refractivity (Wildman–Crippen MR) is 95.8 cm³/mol. The number of benzene rings is 2. The van der Waals surface area contributed by atoms with Gasteiger partial charge in [-0.25, -0.2) is 9.59 Å². The van der Waals surface area contributed by atoms with Crippen molar-refractivity contribution >= 4 is 40.2 Å². The lowest BCUT2D eigenvalue weighted by molar-refractivity contribution is -0.119. The van der Waals surface area contributed by atoms with E-state index in [0.29, 0.717) is 27.5 Å². The molecule has 3 aromatic rings. The normalized spacial score (nSPS) is 10.5. The van der Waals surface area contributed by atoms with Crippen molar-refractivity contribution in [1.29, 1.82) is 0 Å². The van der Waals surface area contributed by atoms with Gasteiger partial charge in [-0.3, -0.25) is 4.79 Å². The molecule has 134 valence electrons. The maximum atomic E-state index is 12.1. The van der Waals surface area contributed by atoms with Crippen molar-refractivity contribution < 1.29 is 19.1 Å². The quantitative estimate of drug-likeness (QED) is 0.592. The Morgan fingerprint density at radius 3 is 2.65 bits per heavy atom. The minimum Gasteiger partial charge on any atom is -0.496 e. The molecule has 0 unspecified atom stereocenters. The van der Waals surface area contributed by atoms with Crippen LogP contribution in [0.1, 0.15) is 10.4 Å². The molecule has 9 heteroatoms. The molecule has 0 atom stereocenters. The molecule has 0 radical (unpaired) electrons. The lowest BCUT2D eigenvalue weighted by atomic mass is 10.2. The van der Waals surface area contributed by atoms with Crippen LogP contribution in [0.15, 0.2) is 41.2 Å². The highest BCUT2D eigenvalue weighted by molar-refractivity contribution is 6.31. The van der Waals surface area contributed by atoms with Crippen molar-refractivity contribution in [1.82, 2.24) is 9.97 Å². The SMILES string of the molecule is COc1ccc(Cl)cc1C(=O)OCC(=O)Nc1ccc2[nH]c(=O)[nH]c2c1. The van der Waals surface area contributed by atoms with E-state index in [2.05, 4.69) is 15.3 Å². The number of methoxy groups -OCH3 is 1. The van der Waals surface area contributed by atoms with Gasteiger partial charge >= 0.3 is 11.7 Å². The molecule has 1 heterocycles. The Morgan fingerprint density at radius 1 is 1.12 bits per heavy atom. The maximum Gasteiger partial charge on any atom is 0.342 e. The smallest absolute Gasteiger partial charge is 0.342 e. The molecule has 0 aliphatic heterocycles. The third kappa shape index (κ3) is 3.86. The molecule has 1 amide bonds. The summed E-state index contributed by atoms with van der Waals surface area (Å²) in [5.74, 6) is -0.969. The van der Waals surface area contributed by atoms with Crippen LogP contribution in [0, 0.1) is 0 Å². The van der Waals surface area contributed by atoms with Crippen LogP contribution in [0.25, 0.3) is 11.0 Å². The number of aromatic amines is 2. The van der Waals surface area contributed by atoms with E-state index in [1.54, 1.807) is 24.3 Å². The number of esters is 1. The molecule has 0 fully saturated rings. The van der Waals surface area contributed by atoms with E-state index in [-0.39, 0.29) is 11.3 Å². The Balaban J connectivity index is 1.63. The van der Waals surface area contributed by atoms with E-state index in [1.807, 2.05) is 0 Å². The summed E-state index contributed by atoms with van der Waals surface area (Å²) in [5, 5.41) is 2.92. The van der Waals surface area contributed by atoms with Gasteiger partial charge < -0.3 is 24.8 Å². The Hall–Kier alpha value is -3.26. The van der Waals surface area contributed by atoms with Gasteiger partial charge in [-0.15, -0.1) is 0 Å². The molecule has 0 aliphatic rings. The van der Waals surface area contributed by atoms with Gasteiger partial charge in [0.1, 0.15) is 11.3 Å². The number of halogens is 1. The van der Waals surface area contributed by atoms with Crippen LogP contribution >= 0.6 is 11.6 Å². The van der Waals surface area contributed by atoms with Crippen molar-refractivity contribution in [3.8, 4) is 5.75 Å². The number of carbonyl (C=O) groups excluding carboxylic acids is 2. The molecular weight excluding hydrogens is 362 g/mol. The summed E-state index contributed by atoms with van der Waals surface area (Å²) in [6.07, 6.45) is 0. The van der Waals surface area contributed by atoms with E-state index in [0.717, 1.165) is 0 Å². The van der Waals surface area contributed by atoms with Gasteiger partial charge in [0.05, 0.1) is 18.1 Å². The number of hydrogen-bond donors (Lipinski definition) is 3. The van der Waals surface area contributed by atoms with Crippen molar-refractivity contribution in [3.05, 3.63) is 57.5 Å². The first-order valence-corrected chi connectivity index (χ1v) is 7.86. The molecule has 26 heavy (non-hydrogen) atoms. The molecule has 1 aromatic heterocycles. The van der Waals surface area contributed by atoms with E-state index >= 15 is 0 Å². The van der Waals surface area contributed by atoms with E-state index in [4.69, 9.17) is 21.1 Å². The topological polar surface area (TPSA) is 113 Å². The minimum absolute atomic E-state index is 0.124. The van der Waals surface area contributed by atoms with Crippen LogP contribution in [-0.2, 0) is 9.53 Å². The van der Waals surface area contributed by atoms with Crippen molar-refractivity contribution in [3.63, 3.8) is 0 Å². The first-order valence-electron chi connectivity index (χ1n) is 7.49. The van der Waals surface area contributed by atoms with E-state index in [9.17, 15) is 14.4 Å². The number of amides is 1. The summed E-state index contributed by atoms with van der Waals surface area (Å²) < 4.78 is 10.1. The molecule has 3 rings (SSSR count).